The summed E-state index contributed by atoms with van der Waals surface area (Å²) in [5.74, 6) is -0.293. The minimum atomic E-state index is -3.62. The molecule has 0 aromatic heterocycles. The number of amides is 1. The van der Waals surface area contributed by atoms with Crippen LogP contribution in [0.15, 0.2) is 51.8 Å². The van der Waals surface area contributed by atoms with E-state index in [0.29, 0.717) is 11.3 Å². The van der Waals surface area contributed by atoms with Crippen molar-refractivity contribution >= 4 is 37.5 Å². The van der Waals surface area contributed by atoms with Crippen LogP contribution in [0, 0.1) is 6.92 Å². The Morgan fingerprint density at radius 3 is 2.16 bits per heavy atom. The highest BCUT2D eigenvalue weighted by atomic mass is 79.9. The number of benzene rings is 2. The van der Waals surface area contributed by atoms with E-state index in [0.717, 1.165) is 10.0 Å². The fourth-order valence-corrected chi connectivity index (χ4v) is 4.10. The Labute approximate surface area is 157 Å². The Kier molecular flexibility index (Phi) is 5.71. The second-order valence-electron chi connectivity index (χ2n) is 6.79. The highest BCUT2D eigenvalue weighted by Gasteiger charge is 2.22. The Hall–Kier alpha value is -1.70. The van der Waals surface area contributed by atoms with Crippen LogP contribution in [0.25, 0.3) is 0 Å². The molecular weight excluding hydrogens is 404 g/mol. The molecule has 1 amide bonds. The molecule has 0 saturated heterocycles. The molecule has 0 spiro atoms. The van der Waals surface area contributed by atoms with Gasteiger partial charge in [0.2, 0.25) is 10.0 Å². The molecule has 0 fully saturated rings. The van der Waals surface area contributed by atoms with Gasteiger partial charge in [0, 0.05) is 21.3 Å². The number of halogens is 1. The molecular formula is C18H21BrN2O3S. The second kappa shape index (κ2) is 7.27. The molecule has 25 heavy (non-hydrogen) atoms. The zero-order valence-corrected chi connectivity index (χ0v) is 17.0. The van der Waals surface area contributed by atoms with Crippen LogP contribution < -0.4 is 10.0 Å². The zero-order valence-electron chi connectivity index (χ0n) is 14.6. The summed E-state index contributed by atoms with van der Waals surface area (Å²) in [6.45, 7) is 7.21. The molecule has 2 N–H and O–H groups in total. The highest BCUT2D eigenvalue weighted by Crippen LogP contribution is 2.21. The van der Waals surface area contributed by atoms with Crippen LogP contribution in [0.1, 0.15) is 36.7 Å². The van der Waals surface area contributed by atoms with Gasteiger partial charge in [-0.1, -0.05) is 15.9 Å². The lowest BCUT2D eigenvalue weighted by atomic mass is 10.1. The number of aryl methyl sites for hydroxylation is 1. The second-order valence-corrected chi connectivity index (χ2v) is 9.39. The van der Waals surface area contributed by atoms with Crippen LogP contribution >= 0.6 is 15.9 Å². The van der Waals surface area contributed by atoms with Crippen molar-refractivity contribution in [2.24, 2.45) is 0 Å². The van der Waals surface area contributed by atoms with E-state index in [1.54, 1.807) is 20.8 Å². The summed E-state index contributed by atoms with van der Waals surface area (Å²) in [4.78, 5) is 12.5. The third kappa shape index (κ3) is 5.39. The fourth-order valence-electron chi connectivity index (χ4n) is 2.21. The summed E-state index contributed by atoms with van der Waals surface area (Å²) in [5.41, 5.74) is 1.45. The monoisotopic (exact) mass is 424 g/mol. The molecule has 0 bridgehead atoms. The van der Waals surface area contributed by atoms with E-state index in [9.17, 15) is 13.2 Å². The molecule has 134 valence electrons. The largest absolute Gasteiger partial charge is 0.322 e. The Bertz CT molecular complexity index is 886. The van der Waals surface area contributed by atoms with Gasteiger partial charge < -0.3 is 5.32 Å². The summed E-state index contributed by atoms with van der Waals surface area (Å²) in [6.07, 6.45) is 0. The molecule has 2 rings (SSSR count). The maximum atomic E-state index is 12.4. The van der Waals surface area contributed by atoms with E-state index in [1.165, 1.54) is 24.3 Å². The molecule has 0 atom stereocenters. The van der Waals surface area contributed by atoms with Gasteiger partial charge in [0.1, 0.15) is 0 Å². The van der Waals surface area contributed by atoms with Crippen molar-refractivity contribution in [3.05, 3.63) is 58.1 Å². The van der Waals surface area contributed by atoms with Gasteiger partial charge in [-0.05, 0) is 75.7 Å². The third-order valence-electron chi connectivity index (χ3n) is 3.30. The van der Waals surface area contributed by atoms with Gasteiger partial charge in [-0.15, -0.1) is 0 Å². The summed E-state index contributed by atoms with van der Waals surface area (Å²) in [6, 6.07) is 11.4. The summed E-state index contributed by atoms with van der Waals surface area (Å²) in [5, 5.41) is 2.83. The van der Waals surface area contributed by atoms with Crippen molar-refractivity contribution in [3.63, 3.8) is 0 Å². The van der Waals surface area contributed by atoms with Crippen molar-refractivity contribution in [2.45, 2.75) is 38.1 Å². The van der Waals surface area contributed by atoms with Crippen LogP contribution in [0.2, 0.25) is 0 Å². The molecule has 2 aromatic rings. The minimum absolute atomic E-state index is 0.124. The topological polar surface area (TPSA) is 75.3 Å². The number of carbonyl (C=O) groups excluding carboxylic acids is 1. The van der Waals surface area contributed by atoms with Crippen molar-refractivity contribution in [1.29, 1.82) is 0 Å². The standard InChI is InChI=1S/C18H21BrN2O3S/c1-12-11-14(19)7-10-16(12)20-17(22)13-5-8-15(9-6-13)25(23,24)21-18(2,3)4/h5-11,21H,1-4H3,(H,20,22). The third-order valence-corrected chi connectivity index (χ3v) is 5.57. The first-order chi connectivity index (χ1) is 11.5. The number of nitrogens with one attached hydrogen (secondary N) is 2. The Morgan fingerprint density at radius 2 is 1.64 bits per heavy atom. The van der Waals surface area contributed by atoms with Crippen LogP contribution in [-0.4, -0.2) is 19.9 Å². The van der Waals surface area contributed by atoms with Gasteiger partial charge in [0.25, 0.3) is 5.91 Å². The molecule has 0 aliphatic rings. The van der Waals surface area contributed by atoms with Crippen LogP contribution in [0.3, 0.4) is 0 Å². The Balaban J connectivity index is 2.18. The number of carbonyl (C=O) groups is 1. The van der Waals surface area contributed by atoms with E-state index < -0.39 is 15.6 Å². The van der Waals surface area contributed by atoms with Crippen LogP contribution in [0.4, 0.5) is 5.69 Å². The number of hydrogen-bond donors (Lipinski definition) is 2. The van der Waals surface area contributed by atoms with Gasteiger partial charge in [-0.25, -0.2) is 13.1 Å². The molecule has 7 heteroatoms. The van der Waals surface area contributed by atoms with Crippen LogP contribution in [0.5, 0.6) is 0 Å². The fraction of sp³-hybridized carbons (Fsp3) is 0.278. The molecule has 0 heterocycles. The first-order valence-electron chi connectivity index (χ1n) is 7.69. The molecule has 5 nitrogen and oxygen atoms in total. The average Bonchev–Trinajstić information content (AvgIpc) is 2.48. The lowest BCUT2D eigenvalue weighted by molar-refractivity contribution is 0.102. The van der Waals surface area contributed by atoms with Gasteiger partial charge in [-0.3, -0.25) is 4.79 Å². The van der Waals surface area contributed by atoms with E-state index >= 15 is 0 Å². The van der Waals surface area contributed by atoms with E-state index in [4.69, 9.17) is 0 Å². The average molecular weight is 425 g/mol. The molecule has 0 aliphatic carbocycles. The van der Waals surface area contributed by atoms with E-state index in [2.05, 4.69) is 26.0 Å². The quantitative estimate of drug-likeness (QED) is 0.775. The smallest absolute Gasteiger partial charge is 0.255 e. The summed E-state index contributed by atoms with van der Waals surface area (Å²) < 4.78 is 28.1. The van der Waals surface area contributed by atoms with E-state index in [-0.39, 0.29) is 10.8 Å². The van der Waals surface area contributed by atoms with Gasteiger partial charge in [0.15, 0.2) is 0 Å². The SMILES string of the molecule is Cc1cc(Br)ccc1NC(=O)c1ccc(S(=O)(=O)NC(C)(C)C)cc1. The first kappa shape index (κ1) is 19.6. The van der Waals surface area contributed by atoms with Crippen molar-refractivity contribution in [3.8, 4) is 0 Å². The van der Waals surface area contributed by atoms with Gasteiger partial charge >= 0.3 is 0 Å². The van der Waals surface area contributed by atoms with Gasteiger partial charge in [-0.2, -0.15) is 0 Å². The van der Waals surface area contributed by atoms with Gasteiger partial charge in [0.05, 0.1) is 4.90 Å². The number of sulfonamides is 1. The summed E-state index contributed by atoms with van der Waals surface area (Å²) in [7, 11) is -3.62. The normalized spacial score (nSPS) is 12.0. The molecule has 0 unspecified atom stereocenters. The van der Waals surface area contributed by atoms with Crippen molar-refractivity contribution in [1.82, 2.24) is 4.72 Å². The lowest BCUT2D eigenvalue weighted by Gasteiger charge is -2.20. The van der Waals surface area contributed by atoms with E-state index in [1.807, 2.05) is 25.1 Å². The minimum Gasteiger partial charge on any atom is -0.322 e. The Morgan fingerprint density at radius 1 is 1.04 bits per heavy atom. The first-order valence-corrected chi connectivity index (χ1v) is 9.97. The number of rotatable bonds is 4. The highest BCUT2D eigenvalue weighted by molar-refractivity contribution is 9.10. The molecule has 0 aliphatic heterocycles. The maximum Gasteiger partial charge on any atom is 0.255 e. The number of anilines is 1. The molecule has 0 radical (unpaired) electrons. The maximum absolute atomic E-state index is 12.4. The zero-order chi connectivity index (χ0) is 18.8. The van der Waals surface area contributed by atoms with Crippen LogP contribution in [-0.2, 0) is 10.0 Å². The molecule has 2 aromatic carbocycles. The predicted molar refractivity (Wildman–Crippen MR) is 103 cm³/mol. The number of hydrogen-bond acceptors (Lipinski definition) is 3. The summed E-state index contributed by atoms with van der Waals surface area (Å²) >= 11 is 3.38. The molecule has 0 saturated carbocycles. The van der Waals surface area contributed by atoms with Crippen molar-refractivity contribution < 1.29 is 13.2 Å². The van der Waals surface area contributed by atoms with Crippen molar-refractivity contribution in [2.75, 3.05) is 5.32 Å². The lowest BCUT2D eigenvalue weighted by Crippen LogP contribution is -2.40. The predicted octanol–water partition coefficient (Wildman–Crippen LogP) is 4.09.